The topological polar surface area (TPSA) is 76.7 Å². The summed E-state index contributed by atoms with van der Waals surface area (Å²) in [7, 11) is 1.50. The van der Waals surface area contributed by atoms with Gasteiger partial charge in [-0.15, -0.1) is 0 Å². The Labute approximate surface area is 171 Å². The van der Waals surface area contributed by atoms with Gasteiger partial charge in [0.2, 0.25) is 5.91 Å². The highest BCUT2D eigenvalue weighted by molar-refractivity contribution is 6.34. The molecule has 0 aliphatic carbocycles. The summed E-state index contributed by atoms with van der Waals surface area (Å²) in [5.74, 6) is -0.714. The number of hydrogen-bond donors (Lipinski definition) is 2. The van der Waals surface area contributed by atoms with Gasteiger partial charge in [-0.25, -0.2) is 0 Å². The summed E-state index contributed by atoms with van der Waals surface area (Å²) in [6.07, 6.45) is 2.73. The molecule has 0 radical (unpaired) electrons. The van der Waals surface area contributed by atoms with Crippen molar-refractivity contribution < 1.29 is 27.8 Å². The van der Waals surface area contributed by atoms with E-state index in [0.717, 1.165) is 0 Å². The lowest BCUT2D eigenvalue weighted by molar-refractivity contribution is -0.111. The van der Waals surface area contributed by atoms with E-state index in [4.69, 9.17) is 16.3 Å². The van der Waals surface area contributed by atoms with Crippen LogP contribution < -0.4 is 20.1 Å². The summed E-state index contributed by atoms with van der Waals surface area (Å²) >= 11 is 6.10. The van der Waals surface area contributed by atoms with Crippen LogP contribution in [-0.4, -0.2) is 32.1 Å². The molecule has 0 aromatic heterocycles. The molecule has 0 saturated heterocycles. The first-order valence-corrected chi connectivity index (χ1v) is 8.94. The quantitative estimate of drug-likeness (QED) is 0.617. The van der Waals surface area contributed by atoms with Gasteiger partial charge in [-0.3, -0.25) is 9.59 Å². The highest BCUT2D eigenvalue weighted by atomic mass is 35.5. The predicted molar refractivity (Wildman–Crippen MR) is 107 cm³/mol. The maximum absolute atomic E-state index is 12.4. The lowest BCUT2D eigenvalue weighted by Crippen LogP contribution is -2.18. The summed E-state index contributed by atoms with van der Waals surface area (Å²) < 4.78 is 34.6. The lowest BCUT2D eigenvalue weighted by Gasteiger charge is -2.11. The van der Waals surface area contributed by atoms with Crippen LogP contribution in [-0.2, 0) is 4.79 Å². The summed E-state index contributed by atoms with van der Waals surface area (Å²) in [5, 5.41) is 5.28. The number of nitrogens with one attached hydrogen (secondary N) is 2. The smallest absolute Gasteiger partial charge is 0.387 e. The molecule has 0 atom stereocenters. The predicted octanol–water partition coefficient (Wildman–Crippen LogP) is 4.35. The average Bonchev–Trinajstić information content (AvgIpc) is 2.69. The van der Waals surface area contributed by atoms with Crippen molar-refractivity contribution in [3.63, 3.8) is 0 Å². The van der Waals surface area contributed by atoms with E-state index in [1.54, 1.807) is 6.92 Å². The molecule has 0 fully saturated rings. The summed E-state index contributed by atoms with van der Waals surface area (Å²) in [6, 6.07) is 8.81. The van der Waals surface area contributed by atoms with Crippen LogP contribution in [0.5, 0.6) is 11.5 Å². The Bertz CT molecular complexity index is 919. The van der Waals surface area contributed by atoms with Gasteiger partial charge in [0.05, 0.1) is 17.3 Å². The van der Waals surface area contributed by atoms with Gasteiger partial charge in [0.15, 0.2) is 11.5 Å². The van der Waals surface area contributed by atoms with Gasteiger partial charge in [-0.2, -0.15) is 8.78 Å². The van der Waals surface area contributed by atoms with Crippen molar-refractivity contribution >= 4 is 35.2 Å². The van der Waals surface area contributed by atoms with E-state index < -0.39 is 12.5 Å². The van der Waals surface area contributed by atoms with Crippen LogP contribution in [0.15, 0.2) is 42.5 Å². The van der Waals surface area contributed by atoms with Gasteiger partial charge < -0.3 is 20.1 Å². The number of ether oxygens (including phenoxy) is 2. The number of rotatable bonds is 8. The maximum atomic E-state index is 12.4. The molecular weight excluding hydrogens is 406 g/mol. The second-order valence-corrected chi connectivity index (χ2v) is 6.02. The van der Waals surface area contributed by atoms with Gasteiger partial charge in [0.1, 0.15) is 0 Å². The molecule has 0 bridgehead atoms. The molecule has 0 spiro atoms. The minimum atomic E-state index is -2.97. The standard InChI is InChI=1S/C20H19ClF2N2O4/c1-3-28-17-10-12(4-8-16(17)29-20(22)23)5-9-18(26)25-15-7-6-13(11-14(15)21)19(27)24-2/h4-11,20H,3H2,1-2H3,(H,24,27)(H,25,26). The average molecular weight is 425 g/mol. The zero-order valence-corrected chi connectivity index (χ0v) is 16.4. The van der Waals surface area contributed by atoms with Crippen molar-refractivity contribution in [2.45, 2.75) is 13.5 Å². The molecular formula is C20H19ClF2N2O4. The molecule has 154 valence electrons. The van der Waals surface area contributed by atoms with Crippen molar-refractivity contribution in [3.05, 3.63) is 58.6 Å². The third kappa shape index (κ3) is 6.46. The van der Waals surface area contributed by atoms with Gasteiger partial charge in [0, 0.05) is 18.7 Å². The van der Waals surface area contributed by atoms with Crippen molar-refractivity contribution in [1.82, 2.24) is 5.32 Å². The molecule has 2 aromatic carbocycles. The van der Waals surface area contributed by atoms with Crippen molar-refractivity contribution in [2.75, 3.05) is 19.0 Å². The monoisotopic (exact) mass is 424 g/mol. The molecule has 0 aliphatic rings. The molecule has 2 N–H and O–H groups in total. The number of anilines is 1. The molecule has 0 unspecified atom stereocenters. The summed E-state index contributed by atoms with van der Waals surface area (Å²) in [4.78, 5) is 23.7. The van der Waals surface area contributed by atoms with Crippen LogP contribution in [0.2, 0.25) is 5.02 Å². The highest BCUT2D eigenvalue weighted by Crippen LogP contribution is 2.30. The number of benzene rings is 2. The second-order valence-electron chi connectivity index (χ2n) is 5.61. The van der Waals surface area contributed by atoms with Crippen LogP contribution in [0.1, 0.15) is 22.8 Å². The van der Waals surface area contributed by atoms with E-state index in [2.05, 4.69) is 15.4 Å². The normalized spacial score (nSPS) is 10.8. The van der Waals surface area contributed by atoms with Crippen LogP contribution in [0, 0.1) is 0 Å². The fraction of sp³-hybridized carbons (Fsp3) is 0.200. The zero-order valence-electron chi connectivity index (χ0n) is 15.7. The van der Waals surface area contributed by atoms with E-state index in [0.29, 0.717) is 16.8 Å². The lowest BCUT2D eigenvalue weighted by atomic mass is 10.1. The molecule has 2 aromatic rings. The third-order valence-electron chi connectivity index (χ3n) is 3.63. The zero-order chi connectivity index (χ0) is 21.4. The summed E-state index contributed by atoms with van der Waals surface area (Å²) in [6.45, 7) is -1.00. The van der Waals surface area contributed by atoms with Crippen LogP contribution in [0.25, 0.3) is 6.08 Å². The van der Waals surface area contributed by atoms with Crippen molar-refractivity contribution in [2.24, 2.45) is 0 Å². The van der Waals surface area contributed by atoms with E-state index >= 15 is 0 Å². The van der Waals surface area contributed by atoms with E-state index in [-0.39, 0.29) is 29.0 Å². The van der Waals surface area contributed by atoms with E-state index in [1.165, 1.54) is 55.6 Å². The second kappa shape index (κ2) is 10.4. The first kappa shape index (κ1) is 22.2. The van der Waals surface area contributed by atoms with Crippen molar-refractivity contribution in [1.29, 1.82) is 0 Å². The van der Waals surface area contributed by atoms with Crippen LogP contribution in [0.4, 0.5) is 14.5 Å². The Hall–Kier alpha value is -3.13. The Morgan fingerprint density at radius 1 is 1.17 bits per heavy atom. The van der Waals surface area contributed by atoms with Gasteiger partial charge >= 0.3 is 6.61 Å². The molecule has 0 heterocycles. The van der Waals surface area contributed by atoms with Gasteiger partial charge in [-0.1, -0.05) is 17.7 Å². The fourth-order valence-electron chi connectivity index (χ4n) is 2.34. The Morgan fingerprint density at radius 2 is 1.93 bits per heavy atom. The number of halogens is 3. The molecule has 0 aliphatic heterocycles. The Balaban J connectivity index is 2.10. The number of amides is 2. The third-order valence-corrected chi connectivity index (χ3v) is 3.94. The summed E-state index contributed by atoms with van der Waals surface area (Å²) in [5.41, 5.74) is 1.25. The first-order valence-electron chi connectivity index (χ1n) is 8.56. The molecule has 2 amide bonds. The number of carbonyl (C=O) groups is 2. The highest BCUT2D eigenvalue weighted by Gasteiger charge is 2.12. The Morgan fingerprint density at radius 3 is 2.55 bits per heavy atom. The fourth-order valence-corrected chi connectivity index (χ4v) is 2.57. The van der Waals surface area contributed by atoms with Gasteiger partial charge in [0.25, 0.3) is 5.91 Å². The molecule has 6 nitrogen and oxygen atoms in total. The maximum Gasteiger partial charge on any atom is 0.387 e. The van der Waals surface area contributed by atoms with Crippen molar-refractivity contribution in [3.8, 4) is 11.5 Å². The molecule has 0 saturated carbocycles. The number of carbonyl (C=O) groups excluding carboxylic acids is 2. The van der Waals surface area contributed by atoms with Gasteiger partial charge in [-0.05, 0) is 48.9 Å². The first-order chi connectivity index (χ1) is 13.8. The van der Waals surface area contributed by atoms with Crippen LogP contribution >= 0.6 is 11.6 Å². The SMILES string of the molecule is CCOc1cc(C=CC(=O)Nc2ccc(C(=O)NC)cc2Cl)ccc1OC(F)F. The molecule has 9 heteroatoms. The van der Waals surface area contributed by atoms with Crippen LogP contribution in [0.3, 0.4) is 0 Å². The Kier molecular flexibility index (Phi) is 7.97. The molecule has 29 heavy (non-hydrogen) atoms. The number of hydrogen-bond acceptors (Lipinski definition) is 4. The number of alkyl halides is 2. The minimum absolute atomic E-state index is 0.0913. The van der Waals surface area contributed by atoms with E-state index in [1.807, 2.05) is 0 Å². The minimum Gasteiger partial charge on any atom is -0.490 e. The largest absolute Gasteiger partial charge is 0.490 e. The van der Waals surface area contributed by atoms with E-state index in [9.17, 15) is 18.4 Å². The molecule has 2 rings (SSSR count).